The van der Waals surface area contributed by atoms with Gasteiger partial charge in [-0.15, -0.1) is 0 Å². The number of aromatic nitrogens is 4. The predicted octanol–water partition coefficient (Wildman–Crippen LogP) is 2.56. The van der Waals surface area contributed by atoms with Gasteiger partial charge in [-0.3, -0.25) is 19.7 Å². The van der Waals surface area contributed by atoms with E-state index in [9.17, 15) is 9.59 Å². The van der Waals surface area contributed by atoms with Crippen molar-refractivity contribution in [2.75, 3.05) is 38.0 Å². The van der Waals surface area contributed by atoms with Gasteiger partial charge in [0.2, 0.25) is 0 Å². The molecule has 33 heavy (non-hydrogen) atoms. The minimum atomic E-state index is -0.908. The molecule has 0 bridgehead atoms. The number of rotatable bonds is 8. The number of urea groups is 1. The number of aryl methyl sites for hydroxylation is 2. The van der Waals surface area contributed by atoms with Gasteiger partial charge in [0, 0.05) is 31.4 Å². The first-order valence-corrected chi connectivity index (χ1v) is 11.5. The number of aromatic amines is 1. The predicted molar refractivity (Wildman–Crippen MR) is 124 cm³/mol. The summed E-state index contributed by atoms with van der Waals surface area (Å²) in [5.41, 5.74) is 3.80. The Morgan fingerprint density at radius 3 is 3.00 bits per heavy atom. The van der Waals surface area contributed by atoms with Crippen molar-refractivity contribution in [1.82, 2.24) is 29.3 Å². The molecule has 0 radical (unpaired) electrons. The lowest BCUT2D eigenvalue weighted by atomic mass is 10.1. The summed E-state index contributed by atoms with van der Waals surface area (Å²) in [6.45, 7) is 2.76. The first-order valence-electron chi connectivity index (χ1n) is 11.5. The lowest BCUT2D eigenvalue weighted by molar-refractivity contribution is -0.137. The molecule has 1 fully saturated rings. The second-order valence-corrected chi connectivity index (χ2v) is 8.73. The summed E-state index contributed by atoms with van der Waals surface area (Å²) in [4.78, 5) is 43.2. The van der Waals surface area contributed by atoms with Crippen molar-refractivity contribution in [1.29, 1.82) is 0 Å². The van der Waals surface area contributed by atoms with E-state index >= 15 is 0 Å². The molecule has 0 aliphatic carbocycles. The molecular weight excluding hydrogens is 422 g/mol. The van der Waals surface area contributed by atoms with E-state index < -0.39 is 5.97 Å². The van der Waals surface area contributed by atoms with E-state index in [1.807, 2.05) is 6.07 Å². The van der Waals surface area contributed by atoms with Crippen LogP contribution in [0, 0.1) is 0 Å². The van der Waals surface area contributed by atoms with Gasteiger partial charge >= 0.3 is 17.9 Å². The molecule has 3 aromatic heterocycles. The van der Waals surface area contributed by atoms with Crippen molar-refractivity contribution in [3.05, 3.63) is 41.9 Å². The molecule has 10 heteroatoms. The number of carbonyl (C=O) groups is 2. The van der Waals surface area contributed by atoms with Crippen LogP contribution >= 0.6 is 0 Å². The van der Waals surface area contributed by atoms with Crippen LogP contribution in [-0.2, 0) is 17.6 Å². The number of carbonyl (C=O) groups excluding carboxylic acids is 1. The average molecular weight is 451 g/mol. The average Bonchev–Trinajstić information content (AvgIpc) is 3.40. The van der Waals surface area contributed by atoms with Crippen molar-refractivity contribution in [3.63, 3.8) is 0 Å². The molecule has 3 N–H and O–H groups in total. The summed E-state index contributed by atoms with van der Waals surface area (Å²) in [5, 5.41) is 12.4. The highest BCUT2D eigenvalue weighted by molar-refractivity contribution is 5.90. The fraction of sp³-hybridized carbons (Fsp3) is 0.435. The minimum absolute atomic E-state index is 0.0531. The molecule has 1 saturated heterocycles. The highest BCUT2D eigenvalue weighted by Gasteiger charge is 2.50. The number of imidazole rings is 1. The fourth-order valence-corrected chi connectivity index (χ4v) is 4.79. The molecule has 0 aromatic carbocycles. The summed E-state index contributed by atoms with van der Waals surface area (Å²) in [7, 11) is 0. The summed E-state index contributed by atoms with van der Waals surface area (Å²) in [5.74, 6) is 0.653. The molecular formula is C23H28N7O3+. The van der Waals surface area contributed by atoms with Crippen molar-refractivity contribution in [2.45, 2.75) is 32.1 Å². The number of nitrogens with one attached hydrogen (secondary N) is 2. The standard InChI is InChI=1S/C23H27N7O3/c31-20(32)8-11-29-12-14-30(23(29)33,22-27-18-7-10-24-15-19(18)28-22)13-2-4-17-6-5-16-3-1-9-25-21(16)26-17/h5-7,10,15H,1-4,8-9,11-14H2,(H2-,24,25,26,27,28,31,32)/p+1. The molecule has 2 aliphatic heterocycles. The number of nitrogens with zero attached hydrogens (tertiary/aromatic N) is 5. The number of aliphatic carboxylic acids is 1. The van der Waals surface area contributed by atoms with Gasteiger partial charge < -0.3 is 10.4 Å². The molecule has 5 heterocycles. The number of quaternary nitrogens is 1. The topological polar surface area (TPSA) is 124 Å². The van der Waals surface area contributed by atoms with Gasteiger partial charge in [0.05, 0.1) is 36.7 Å². The van der Waals surface area contributed by atoms with E-state index in [1.165, 1.54) is 5.56 Å². The molecule has 1 unspecified atom stereocenters. The van der Waals surface area contributed by atoms with E-state index in [1.54, 1.807) is 17.3 Å². The van der Waals surface area contributed by atoms with Crippen LogP contribution < -0.4 is 9.80 Å². The number of pyridine rings is 2. The summed E-state index contributed by atoms with van der Waals surface area (Å²) < 4.78 is 0.0531. The number of H-pyrrole nitrogens is 1. The van der Waals surface area contributed by atoms with Gasteiger partial charge in [-0.25, -0.2) is 9.78 Å². The number of hydrogen-bond donors (Lipinski definition) is 3. The van der Waals surface area contributed by atoms with E-state index in [0.717, 1.165) is 54.8 Å². The van der Waals surface area contributed by atoms with Crippen molar-refractivity contribution in [3.8, 4) is 0 Å². The fourth-order valence-electron chi connectivity index (χ4n) is 4.79. The minimum Gasteiger partial charge on any atom is -0.481 e. The number of hydrogen-bond acceptors (Lipinski definition) is 6. The molecule has 3 aromatic rings. The number of amides is 2. The van der Waals surface area contributed by atoms with Gasteiger partial charge in [0.25, 0.3) is 0 Å². The van der Waals surface area contributed by atoms with Crippen molar-refractivity contribution in [2.24, 2.45) is 0 Å². The quantitative estimate of drug-likeness (QED) is 0.451. The maximum absolute atomic E-state index is 13.6. The maximum Gasteiger partial charge on any atom is 0.427 e. The van der Waals surface area contributed by atoms with Gasteiger partial charge in [0.15, 0.2) is 0 Å². The van der Waals surface area contributed by atoms with Crippen LogP contribution in [0.25, 0.3) is 11.0 Å². The molecule has 172 valence electrons. The van der Waals surface area contributed by atoms with Gasteiger partial charge in [-0.2, -0.15) is 9.47 Å². The second kappa shape index (κ2) is 8.78. The van der Waals surface area contributed by atoms with Crippen LogP contribution in [0.4, 0.5) is 16.6 Å². The Bertz CT molecular complexity index is 1160. The van der Waals surface area contributed by atoms with Gasteiger partial charge in [-0.05, 0) is 37.0 Å². The lowest BCUT2D eigenvalue weighted by Crippen LogP contribution is -2.54. The van der Waals surface area contributed by atoms with E-state index in [2.05, 4.69) is 27.4 Å². The Labute approximate surface area is 191 Å². The lowest BCUT2D eigenvalue weighted by Gasteiger charge is -2.27. The smallest absolute Gasteiger partial charge is 0.427 e. The molecule has 0 saturated carbocycles. The molecule has 2 aliphatic rings. The van der Waals surface area contributed by atoms with E-state index in [0.29, 0.717) is 25.6 Å². The van der Waals surface area contributed by atoms with Crippen LogP contribution in [-0.4, -0.2) is 74.7 Å². The maximum atomic E-state index is 13.6. The molecule has 5 rings (SSSR count). The zero-order valence-corrected chi connectivity index (χ0v) is 18.5. The van der Waals surface area contributed by atoms with Crippen LogP contribution in [0.2, 0.25) is 0 Å². The number of fused-ring (bicyclic) bond motifs is 2. The highest BCUT2D eigenvalue weighted by Crippen LogP contribution is 2.30. The van der Waals surface area contributed by atoms with Crippen molar-refractivity contribution >= 4 is 34.8 Å². The third kappa shape index (κ3) is 4.13. The SMILES string of the molecule is O=C(O)CCN1CC[N+](CCCc2ccc3c(n2)NCCC3)(c2nc3ccncc3[nH]2)C1=O. The Morgan fingerprint density at radius 2 is 2.15 bits per heavy atom. The first-order chi connectivity index (χ1) is 16.0. The number of anilines is 1. The Morgan fingerprint density at radius 1 is 1.24 bits per heavy atom. The number of carboxylic acids is 1. The largest absolute Gasteiger partial charge is 0.481 e. The summed E-state index contributed by atoms with van der Waals surface area (Å²) >= 11 is 0. The van der Waals surface area contributed by atoms with Crippen LogP contribution in [0.15, 0.2) is 30.6 Å². The zero-order chi connectivity index (χ0) is 22.8. The Kier molecular flexibility index (Phi) is 5.67. The monoisotopic (exact) mass is 450 g/mol. The Balaban J connectivity index is 1.37. The van der Waals surface area contributed by atoms with E-state index in [-0.39, 0.29) is 23.5 Å². The van der Waals surface area contributed by atoms with Crippen LogP contribution in [0.1, 0.15) is 30.5 Å². The van der Waals surface area contributed by atoms with Crippen molar-refractivity contribution < 1.29 is 14.7 Å². The zero-order valence-electron chi connectivity index (χ0n) is 18.5. The first kappa shape index (κ1) is 21.3. The normalized spacial score (nSPS) is 20.1. The highest BCUT2D eigenvalue weighted by atomic mass is 16.4. The summed E-state index contributed by atoms with van der Waals surface area (Å²) in [6.07, 6.45) is 6.99. The van der Waals surface area contributed by atoms with Gasteiger partial charge in [0.1, 0.15) is 12.4 Å². The second-order valence-electron chi connectivity index (χ2n) is 8.73. The molecule has 2 amide bonds. The van der Waals surface area contributed by atoms with Crippen LogP contribution in [0.3, 0.4) is 0 Å². The molecule has 0 spiro atoms. The Hall–Kier alpha value is -3.53. The third-order valence-corrected chi connectivity index (χ3v) is 6.58. The number of carboxylic acid groups (broad SMARTS) is 1. The van der Waals surface area contributed by atoms with Gasteiger partial charge in [-0.1, -0.05) is 6.07 Å². The third-order valence-electron chi connectivity index (χ3n) is 6.58. The molecule has 10 nitrogen and oxygen atoms in total. The molecule has 1 atom stereocenters. The van der Waals surface area contributed by atoms with E-state index in [4.69, 9.17) is 15.1 Å². The van der Waals surface area contributed by atoms with Crippen LogP contribution in [0.5, 0.6) is 0 Å². The summed E-state index contributed by atoms with van der Waals surface area (Å²) in [6, 6.07) is 5.94.